The lowest BCUT2D eigenvalue weighted by molar-refractivity contribution is -0.121. The van der Waals surface area contributed by atoms with Gasteiger partial charge in [-0.1, -0.05) is 13.3 Å². The maximum Gasteiger partial charge on any atom is 0.337 e. The van der Waals surface area contributed by atoms with Crippen LogP contribution in [0.1, 0.15) is 30.1 Å². The van der Waals surface area contributed by atoms with E-state index in [4.69, 9.17) is 5.11 Å². The molecule has 0 aromatic carbocycles. The molecule has 0 radical (unpaired) electrons. The van der Waals surface area contributed by atoms with E-state index < -0.39 is 11.5 Å². The number of hydrogen-bond acceptors (Lipinski definition) is 3. The normalized spacial score (nSPS) is 10.1. The van der Waals surface area contributed by atoms with E-state index in [2.05, 4.69) is 5.32 Å². The number of carbonyl (C=O) groups is 2. The molecule has 1 amide bonds. The molecule has 0 aliphatic carbocycles. The van der Waals surface area contributed by atoms with Crippen LogP contribution >= 0.6 is 0 Å². The number of aromatic carboxylic acids is 1. The number of nitrogens with zero attached hydrogens (tertiary/aromatic N) is 1. The third-order valence-electron chi connectivity index (χ3n) is 2.40. The van der Waals surface area contributed by atoms with Crippen LogP contribution in [0.2, 0.25) is 0 Å². The van der Waals surface area contributed by atoms with Crippen molar-refractivity contribution in [3.8, 4) is 0 Å². The van der Waals surface area contributed by atoms with E-state index in [1.165, 1.54) is 12.3 Å². The summed E-state index contributed by atoms with van der Waals surface area (Å²) in [6.45, 7) is 2.40. The van der Waals surface area contributed by atoms with Gasteiger partial charge in [-0.3, -0.25) is 9.59 Å². The molecule has 1 aromatic heterocycles. The Bertz CT molecular complexity index is 493. The molecule has 0 atom stereocenters. The van der Waals surface area contributed by atoms with E-state index in [9.17, 15) is 14.4 Å². The number of unbranched alkanes of at least 4 members (excludes halogenated alkanes) is 1. The van der Waals surface area contributed by atoms with Gasteiger partial charge in [-0.25, -0.2) is 4.79 Å². The lowest BCUT2D eigenvalue weighted by atomic mass is 10.3. The van der Waals surface area contributed by atoms with E-state index in [0.29, 0.717) is 6.54 Å². The molecule has 0 fully saturated rings. The first kappa shape index (κ1) is 14.0. The molecule has 98 valence electrons. The van der Waals surface area contributed by atoms with Crippen molar-refractivity contribution >= 4 is 11.9 Å². The average molecular weight is 252 g/mol. The molecule has 18 heavy (non-hydrogen) atoms. The number of hydrogen-bond donors (Lipinski definition) is 2. The maximum absolute atomic E-state index is 11.5. The molecule has 6 nitrogen and oxygen atoms in total. The van der Waals surface area contributed by atoms with E-state index in [1.54, 1.807) is 0 Å². The van der Waals surface area contributed by atoms with Crippen LogP contribution in [0.4, 0.5) is 0 Å². The smallest absolute Gasteiger partial charge is 0.337 e. The molecular weight excluding hydrogens is 236 g/mol. The van der Waals surface area contributed by atoms with Crippen molar-refractivity contribution in [2.45, 2.75) is 26.3 Å². The summed E-state index contributed by atoms with van der Waals surface area (Å²) in [4.78, 5) is 33.7. The Labute approximate surface area is 104 Å². The van der Waals surface area contributed by atoms with E-state index in [1.807, 2.05) is 6.92 Å². The van der Waals surface area contributed by atoms with Gasteiger partial charge in [0.25, 0.3) is 5.56 Å². The minimum Gasteiger partial charge on any atom is -0.478 e. The van der Waals surface area contributed by atoms with Crippen molar-refractivity contribution in [1.82, 2.24) is 9.88 Å². The Balaban J connectivity index is 2.71. The van der Waals surface area contributed by atoms with Gasteiger partial charge in [0.05, 0.1) is 5.56 Å². The van der Waals surface area contributed by atoms with Crippen molar-refractivity contribution in [3.63, 3.8) is 0 Å². The highest BCUT2D eigenvalue weighted by Crippen LogP contribution is 1.95. The number of carbonyl (C=O) groups excluding carboxylic acids is 1. The third kappa shape index (κ3) is 4.04. The molecule has 2 N–H and O–H groups in total. The molecule has 0 aliphatic heterocycles. The molecular formula is C12H16N2O4. The number of aromatic nitrogens is 1. The Hall–Kier alpha value is -2.11. The highest BCUT2D eigenvalue weighted by molar-refractivity contribution is 5.87. The number of amides is 1. The largest absolute Gasteiger partial charge is 0.478 e. The van der Waals surface area contributed by atoms with Crippen molar-refractivity contribution in [1.29, 1.82) is 0 Å². The fourth-order valence-corrected chi connectivity index (χ4v) is 1.40. The molecule has 1 rings (SSSR count). The van der Waals surface area contributed by atoms with Crippen molar-refractivity contribution in [3.05, 3.63) is 34.2 Å². The Kier molecular flexibility index (Phi) is 5.10. The van der Waals surface area contributed by atoms with Gasteiger partial charge in [-0.2, -0.15) is 0 Å². The van der Waals surface area contributed by atoms with Gasteiger partial charge in [0.2, 0.25) is 5.91 Å². The number of carboxylic acid groups (broad SMARTS) is 1. The van der Waals surface area contributed by atoms with Crippen LogP contribution in [0, 0.1) is 0 Å². The maximum atomic E-state index is 11.5. The molecule has 0 saturated heterocycles. The van der Waals surface area contributed by atoms with Gasteiger partial charge >= 0.3 is 5.97 Å². The van der Waals surface area contributed by atoms with Crippen LogP contribution in [0.25, 0.3) is 0 Å². The highest BCUT2D eigenvalue weighted by atomic mass is 16.4. The first-order chi connectivity index (χ1) is 8.54. The summed E-state index contributed by atoms with van der Waals surface area (Å²) in [6, 6.07) is 2.36. The zero-order valence-electron chi connectivity index (χ0n) is 10.2. The number of carboxylic acids is 1. The lowest BCUT2D eigenvalue weighted by Gasteiger charge is -2.07. The summed E-state index contributed by atoms with van der Waals surface area (Å²) in [5.41, 5.74) is -0.415. The van der Waals surface area contributed by atoms with Gasteiger partial charge in [0.1, 0.15) is 6.54 Å². The predicted molar refractivity (Wildman–Crippen MR) is 65.6 cm³/mol. The summed E-state index contributed by atoms with van der Waals surface area (Å²) in [5.74, 6) is -1.43. The van der Waals surface area contributed by atoms with Crippen LogP contribution < -0.4 is 10.9 Å². The minimum absolute atomic E-state index is 0.0176. The van der Waals surface area contributed by atoms with Crippen molar-refractivity contribution in [2.75, 3.05) is 6.54 Å². The number of nitrogens with one attached hydrogen (secondary N) is 1. The standard InChI is InChI=1S/C12H16N2O4/c1-2-3-6-13-10(15)8-14-7-9(12(17)18)4-5-11(14)16/h4-5,7H,2-3,6,8H2,1H3,(H,13,15)(H,17,18). The SMILES string of the molecule is CCCCNC(=O)Cn1cc(C(=O)O)ccc1=O. The second-order valence-corrected chi connectivity index (χ2v) is 3.89. The molecule has 0 unspecified atom stereocenters. The zero-order valence-corrected chi connectivity index (χ0v) is 10.2. The molecule has 0 aliphatic rings. The summed E-state index contributed by atoms with van der Waals surface area (Å²) in [7, 11) is 0. The van der Waals surface area contributed by atoms with Gasteiger partial charge in [-0.05, 0) is 12.5 Å². The van der Waals surface area contributed by atoms with Crippen molar-refractivity contribution < 1.29 is 14.7 Å². The zero-order chi connectivity index (χ0) is 13.5. The van der Waals surface area contributed by atoms with E-state index in [-0.39, 0.29) is 18.0 Å². The second kappa shape index (κ2) is 6.58. The monoisotopic (exact) mass is 252 g/mol. The fraction of sp³-hybridized carbons (Fsp3) is 0.417. The summed E-state index contributed by atoms with van der Waals surface area (Å²) < 4.78 is 1.09. The van der Waals surface area contributed by atoms with Gasteiger partial charge < -0.3 is 15.0 Å². The molecule has 1 heterocycles. The summed E-state index contributed by atoms with van der Waals surface area (Å²) >= 11 is 0. The molecule has 0 bridgehead atoms. The summed E-state index contributed by atoms with van der Waals surface area (Å²) in [6.07, 6.45) is 3.01. The van der Waals surface area contributed by atoms with Crippen molar-refractivity contribution in [2.24, 2.45) is 0 Å². The van der Waals surface area contributed by atoms with Crippen LogP contribution in [0.5, 0.6) is 0 Å². The minimum atomic E-state index is -1.13. The van der Waals surface area contributed by atoms with E-state index in [0.717, 1.165) is 23.5 Å². The topological polar surface area (TPSA) is 88.4 Å². The second-order valence-electron chi connectivity index (χ2n) is 3.89. The quantitative estimate of drug-likeness (QED) is 0.720. The van der Waals surface area contributed by atoms with E-state index >= 15 is 0 Å². The van der Waals surface area contributed by atoms with Crippen LogP contribution in [0.3, 0.4) is 0 Å². The third-order valence-corrected chi connectivity index (χ3v) is 2.40. The summed E-state index contributed by atoms with van der Waals surface area (Å²) in [5, 5.41) is 11.5. The Morgan fingerprint density at radius 2 is 2.11 bits per heavy atom. The van der Waals surface area contributed by atoms with Crippen LogP contribution in [-0.4, -0.2) is 28.1 Å². The average Bonchev–Trinajstić information content (AvgIpc) is 2.32. The van der Waals surface area contributed by atoms with Gasteiger partial charge in [-0.15, -0.1) is 0 Å². The first-order valence-electron chi connectivity index (χ1n) is 5.75. The Morgan fingerprint density at radius 3 is 2.72 bits per heavy atom. The van der Waals surface area contributed by atoms with Gasteiger partial charge in [0.15, 0.2) is 0 Å². The predicted octanol–water partition coefficient (Wildman–Crippen LogP) is 0.463. The van der Waals surface area contributed by atoms with Crippen LogP contribution in [0.15, 0.2) is 23.1 Å². The number of rotatable bonds is 6. The lowest BCUT2D eigenvalue weighted by Crippen LogP contribution is -2.32. The first-order valence-corrected chi connectivity index (χ1v) is 5.75. The van der Waals surface area contributed by atoms with Gasteiger partial charge in [0, 0.05) is 18.8 Å². The molecule has 1 aromatic rings. The molecule has 0 saturated carbocycles. The highest BCUT2D eigenvalue weighted by Gasteiger charge is 2.08. The fourth-order valence-electron chi connectivity index (χ4n) is 1.40. The molecule has 6 heteroatoms. The Morgan fingerprint density at radius 1 is 1.39 bits per heavy atom. The number of pyridine rings is 1. The molecule has 0 spiro atoms. The van der Waals surface area contributed by atoms with Crippen LogP contribution in [-0.2, 0) is 11.3 Å².